The van der Waals surface area contributed by atoms with Gasteiger partial charge in [0, 0.05) is 12.1 Å². The molecule has 0 bridgehead atoms. The molecule has 0 atom stereocenters. The number of nitro groups is 1. The van der Waals surface area contributed by atoms with Crippen LogP contribution in [0.4, 0.5) is 5.69 Å². The summed E-state index contributed by atoms with van der Waals surface area (Å²) in [5, 5.41) is 10.6. The normalized spacial score (nSPS) is 10.7. The van der Waals surface area contributed by atoms with Gasteiger partial charge in [-0.2, -0.15) is 0 Å². The maximum absolute atomic E-state index is 10.6. The van der Waals surface area contributed by atoms with Crippen LogP contribution in [0, 0.1) is 10.1 Å². The molecule has 0 radical (unpaired) electrons. The molecule has 2 aromatic rings. The maximum Gasteiger partial charge on any atom is 0.287 e. The first kappa shape index (κ1) is 16.5. The van der Waals surface area contributed by atoms with Crippen LogP contribution in [0.2, 0.25) is 0 Å². The van der Waals surface area contributed by atoms with Gasteiger partial charge in [-0.05, 0) is 24.1 Å². The van der Waals surface area contributed by atoms with Crippen LogP contribution in [0.15, 0.2) is 42.6 Å². The third kappa shape index (κ3) is 4.54. The van der Waals surface area contributed by atoms with E-state index < -0.39 is 4.92 Å². The lowest BCUT2D eigenvalue weighted by Gasteiger charge is -2.10. The lowest BCUT2D eigenvalue weighted by atomic mass is 10.1. The zero-order valence-corrected chi connectivity index (χ0v) is 13.1. The van der Waals surface area contributed by atoms with Gasteiger partial charge in [-0.3, -0.25) is 10.1 Å². The van der Waals surface area contributed by atoms with Crippen molar-refractivity contribution < 1.29 is 14.4 Å². The first-order valence-electron chi connectivity index (χ1n) is 7.27. The van der Waals surface area contributed by atoms with Crippen molar-refractivity contribution in [3.63, 3.8) is 0 Å². The molecule has 0 fully saturated rings. The van der Waals surface area contributed by atoms with Crippen LogP contribution in [0.5, 0.6) is 17.4 Å². The fourth-order valence-corrected chi connectivity index (χ4v) is 1.91. The number of unbranched alkanes of at least 4 members (excludes halogenated alkanes) is 1. The molecule has 0 saturated heterocycles. The van der Waals surface area contributed by atoms with Gasteiger partial charge in [0.2, 0.25) is 5.88 Å². The minimum absolute atomic E-state index is 0.0827. The maximum atomic E-state index is 10.6. The summed E-state index contributed by atoms with van der Waals surface area (Å²) >= 11 is 0. The average Bonchev–Trinajstić information content (AvgIpc) is 2.56. The summed E-state index contributed by atoms with van der Waals surface area (Å²) in [6.07, 6.45) is 7.41. The van der Waals surface area contributed by atoms with Gasteiger partial charge in [-0.25, -0.2) is 4.98 Å². The summed E-state index contributed by atoms with van der Waals surface area (Å²) < 4.78 is 11.0. The van der Waals surface area contributed by atoms with Gasteiger partial charge in [0.25, 0.3) is 5.69 Å². The first-order chi connectivity index (χ1) is 11.1. The minimum Gasteiger partial charge on any atom is -0.493 e. The zero-order valence-electron chi connectivity index (χ0n) is 13.1. The molecule has 0 aliphatic rings. The molecule has 0 saturated carbocycles. The number of nitrogens with zero attached hydrogens (tertiary/aromatic N) is 2. The lowest BCUT2D eigenvalue weighted by Crippen LogP contribution is -1.94. The minimum atomic E-state index is -0.505. The van der Waals surface area contributed by atoms with Crippen molar-refractivity contribution in [1.82, 2.24) is 4.98 Å². The summed E-state index contributed by atoms with van der Waals surface area (Å²) in [7, 11) is 1.56. The average molecular weight is 314 g/mol. The van der Waals surface area contributed by atoms with Crippen molar-refractivity contribution in [3.8, 4) is 17.4 Å². The fourth-order valence-electron chi connectivity index (χ4n) is 1.91. The second kappa shape index (κ2) is 7.93. The van der Waals surface area contributed by atoms with Crippen LogP contribution in [0.25, 0.3) is 6.08 Å². The Morgan fingerprint density at radius 3 is 2.70 bits per heavy atom. The molecule has 0 N–H and O–H groups in total. The van der Waals surface area contributed by atoms with Crippen LogP contribution < -0.4 is 9.47 Å². The van der Waals surface area contributed by atoms with E-state index in [0.29, 0.717) is 11.5 Å². The smallest absolute Gasteiger partial charge is 0.287 e. The van der Waals surface area contributed by atoms with E-state index in [1.54, 1.807) is 13.2 Å². The Kier molecular flexibility index (Phi) is 5.68. The number of allylic oxidation sites excluding steroid dienone is 1. The molecule has 0 spiro atoms. The zero-order chi connectivity index (χ0) is 16.7. The molecule has 120 valence electrons. The Bertz CT molecular complexity index is 696. The highest BCUT2D eigenvalue weighted by molar-refractivity contribution is 5.56. The van der Waals surface area contributed by atoms with Gasteiger partial charge in [0.05, 0.1) is 12.0 Å². The van der Waals surface area contributed by atoms with Crippen molar-refractivity contribution in [2.75, 3.05) is 7.11 Å². The number of hydrogen-bond donors (Lipinski definition) is 0. The highest BCUT2D eigenvalue weighted by Crippen LogP contribution is 2.32. The molecule has 0 aliphatic heterocycles. The van der Waals surface area contributed by atoms with E-state index in [4.69, 9.17) is 9.47 Å². The Labute approximate surface area is 134 Å². The molecule has 0 aliphatic carbocycles. The summed E-state index contributed by atoms with van der Waals surface area (Å²) in [5.41, 5.74) is 0.931. The van der Waals surface area contributed by atoms with Gasteiger partial charge in [-0.15, -0.1) is 0 Å². The SMILES string of the molecule is CCC/C=C/c1ccc(Oc2ccc([N+](=O)[O-])cn2)c(OC)c1. The predicted octanol–water partition coefficient (Wildman–Crippen LogP) is 4.60. The number of ether oxygens (including phenoxy) is 2. The number of pyridine rings is 1. The van der Waals surface area contributed by atoms with Crippen LogP contribution in [0.1, 0.15) is 25.3 Å². The predicted molar refractivity (Wildman–Crippen MR) is 87.9 cm³/mol. The lowest BCUT2D eigenvalue weighted by molar-refractivity contribution is -0.385. The molecular weight excluding hydrogens is 296 g/mol. The molecule has 6 heteroatoms. The topological polar surface area (TPSA) is 74.5 Å². The Hall–Kier alpha value is -2.89. The van der Waals surface area contributed by atoms with E-state index in [1.165, 1.54) is 12.1 Å². The van der Waals surface area contributed by atoms with Crippen LogP contribution >= 0.6 is 0 Å². The number of methoxy groups -OCH3 is 1. The van der Waals surface area contributed by atoms with Crippen LogP contribution in [-0.2, 0) is 0 Å². The largest absolute Gasteiger partial charge is 0.493 e. The molecule has 2 rings (SSSR count). The summed E-state index contributed by atoms with van der Waals surface area (Å²) in [6.45, 7) is 2.12. The number of benzene rings is 1. The molecule has 0 unspecified atom stereocenters. The first-order valence-corrected chi connectivity index (χ1v) is 7.27. The number of hydrogen-bond acceptors (Lipinski definition) is 5. The van der Waals surface area contributed by atoms with E-state index in [2.05, 4.69) is 18.0 Å². The molecule has 1 aromatic heterocycles. The molecule has 23 heavy (non-hydrogen) atoms. The molecule has 6 nitrogen and oxygen atoms in total. The highest BCUT2D eigenvalue weighted by Gasteiger charge is 2.09. The fraction of sp³-hybridized carbons (Fsp3) is 0.235. The quantitative estimate of drug-likeness (QED) is 0.551. The molecule has 1 heterocycles. The second-order valence-corrected chi connectivity index (χ2v) is 4.82. The third-order valence-corrected chi connectivity index (χ3v) is 3.10. The molecular formula is C17H18N2O4. The van der Waals surface area contributed by atoms with Crippen molar-refractivity contribution in [3.05, 3.63) is 58.3 Å². The van der Waals surface area contributed by atoms with Gasteiger partial charge in [-0.1, -0.05) is 31.6 Å². The molecule has 0 amide bonds. The Morgan fingerprint density at radius 1 is 1.26 bits per heavy atom. The van der Waals surface area contributed by atoms with Crippen LogP contribution in [0.3, 0.4) is 0 Å². The number of rotatable bonds is 7. The van der Waals surface area contributed by atoms with E-state index in [-0.39, 0.29) is 11.6 Å². The van der Waals surface area contributed by atoms with E-state index >= 15 is 0 Å². The molecule has 1 aromatic carbocycles. The third-order valence-electron chi connectivity index (χ3n) is 3.10. The van der Waals surface area contributed by atoms with Gasteiger partial charge >= 0.3 is 0 Å². The van der Waals surface area contributed by atoms with Gasteiger partial charge < -0.3 is 9.47 Å². The second-order valence-electron chi connectivity index (χ2n) is 4.82. The Balaban J connectivity index is 2.17. The summed E-state index contributed by atoms with van der Waals surface area (Å²) in [4.78, 5) is 14.0. The van der Waals surface area contributed by atoms with Crippen molar-refractivity contribution in [2.45, 2.75) is 19.8 Å². The van der Waals surface area contributed by atoms with E-state index in [0.717, 1.165) is 24.6 Å². The van der Waals surface area contributed by atoms with Crippen molar-refractivity contribution in [2.24, 2.45) is 0 Å². The number of aromatic nitrogens is 1. The highest BCUT2D eigenvalue weighted by atomic mass is 16.6. The Morgan fingerprint density at radius 2 is 2.09 bits per heavy atom. The van der Waals surface area contributed by atoms with E-state index in [1.807, 2.05) is 18.2 Å². The summed E-state index contributed by atoms with van der Waals surface area (Å²) in [5.74, 6) is 1.34. The van der Waals surface area contributed by atoms with Crippen LogP contribution in [-0.4, -0.2) is 17.0 Å². The van der Waals surface area contributed by atoms with Crippen molar-refractivity contribution in [1.29, 1.82) is 0 Å². The standard InChI is InChI=1S/C17H18N2O4/c1-3-4-5-6-13-7-9-15(16(11-13)22-2)23-17-10-8-14(12-18-17)19(20)21/h5-12H,3-4H2,1-2H3/b6-5+. The van der Waals surface area contributed by atoms with Gasteiger partial charge in [0.15, 0.2) is 11.5 Å². The van der Waals surface area contributed by atoms with Crippen molar-refractivity contribution >= 4 is 11.8 Å². The monoisotopic (exact) mass is 314 g/mol. The summed E-state index contributed by atoms with van der Waals surface area (Å²) in [6, 6.07) is 8.36. The van der Waals surface area contributed by atoms with E-state index in [9.17, 15) is 10.1 Å². The van der Waals surface area contributed by atoms with Gasteiger partial charge in [0.1, 0.15) is 6.20 Å².